The van der Waals surface area contributed by atoms with Crippen molar-refractivity contribution >= 4 is 23.1 Å². The van der Waals surface area contributed by atoms with E-state index in [-0.39, 0.29) is 5.69 Å². The Balaban J connectivity index is 2.01. The van der Waals surface area contributed by atoms with Gasteiger partial charge in [0, 0.05) is 9.75 Å². The molecule has 2 rings (SSSR count). The number of thiophene rings is 1. The van der Waals surface area contributed by atoms with Gasteiger partial charge >= 0.3 is 5.97 Å². The zero-order valence-corrected chi connectivity index (χ0v) is 11.7. The Bertz CT molecular complexity index is 569. The van der Waals surface area contributed by atoms with E-state index in [1.54, 1.807) is 17.5 Å². The van der Waals surface area contributed by atoms with E-state index >= 15 is 0 Å². The number of aryl methyl sites for hydroxylation is 1. The lowest BCUT2D eigenvalue weighted by Crippen LogP contribution is -2.08. The first-order chi connectivity index (χ1) is 9.22. The van der Waals surface area contributed by atoms with Gasteiger partial charge in [0.15, 0.2) is 5.69 Å². The van der Waals surface area contributed by atoms with Crippen LogP contribution >= 0.6 is 11.3 Å². The van der Waals surface area contributed by atoms with E-state index in [9.17, 15) is 4.79 Å². The molecule has 2 aromatic heterocycles. The van der Waals surface area contributed by atoms with Crippen LogP contribution in [0.15, 0.2) is 24.5 Å². The highest BCUT2D eigenvalue weighted by Gasteiger charge is 2.08. The normalized spacial score (nSPS) is 10.2. The minimum absolute atomic E-state index is 0.202. The van der Waals surface area contributed by atoms with Gasteiger partial charge in [0.1, 0.15) is 5.82 Å². The lowest BCUT2D eigenvalue weighted by Gasteiger charge is -2.04. The molecule has 5 nitrogen and oxygen atoms in total. The molecule has 0 amide bonds. The zero-order valence-electron chi connectivity index (χ0n) is 10.8. The van der Waals surface area contributed by atoms with E-state index < -0.39 is 5.97 Å². The van der Waals surface area contributed by atoms with Gasteiger partial charge in [-0.2, -0.15) is 0 Å². The van der Waals surface area contributed by atoms with Crippen molar-refractivity contribution in [2.75, 3.05) is 12.4 Å². The Labute approximate surface area is 115 Å². The Kier molecular flexibility index (Phi) is 4.46. The average Bonchev–Trinajstić information content (AvgIpc) is 2.92. The molecule has 0 atom stereocenters. The van der Waals surface area contributed by atoms with Gasteiger partial charge in [-0.1, -0.05) is 6.92 Å². The van der Waals surface area contributed by atoms with Crippen LogP contribution in [0.2, 0.25) is 0 Å². The maximum absolute atomic E-state index is 11.3. The number of hydrogen-bond acceptors (Lipinski definition) is 6. The van der Waals surface area contributed by atoms with Crippen LogP contribution in [0.4, 0.5) is 5.82 Å². The first-order valence-electron chi connectivity index (χ1n) is 5.94. The Hall–Kier alpha value is -1.95. The topological polar surface area (TPSA) is 64.1 Å². The van der Waals surface area contributed by atoms with Crippen molar-refractivity contribution in [2.24, 2.45) is 0 Å². The molecular weight excluding hydrogens is 262 g/mol. The number of carbonyl (C=O) groups excluding carboxylic acids is 1. The second-order valence-electron chi connectivity index (χ2n) is 3.86. The van der Waals surface area contributed by atoms with Gasteiger partial charge in [-0.25, -0.2) is 9.78 Å². The van der Waals surface area contributed by atoms with Gasteiger partial charge in [0.2, 0.25) is 0 Å². The van der Waals surface area contributed by atoms with Crippen LogP contribution in [0.25, 0.3) is 0 Å². The van der Waals surface area contributed by atoms with E-state index in [4.69, 9.17) is 0 Å². The molecule has 100 valence electrons. The second-order valence-corrected chi connectivity index (χ2v) is 5.11. The number of rotatable bonds is 5. The molecule has 0 spiro atoms. The zero-order chi connectivity index (χ0) is 13.7. The molecule has 0 aromatic carbocycles. The van der Waals surface area contributed by atoms with Crippen LogP contribution in [0, 0.1) is 0 Å². The lowest BCUT2D eigenvalue weighted by molar-refractivity contribution is 0.0593. The van der Waals surface area contributed by atoms with E-state index in [2.05, 4.69) is 39.1 Å². The summed E-state index contributed by atoms with van der Waals surface area (Å²) in [7, 11) is 1.32. The minimum atomic E-state index is -0.486. The van der Waals surface area contributed by atoms with E-state index in [1.807, 2.05) is 0 Å². The highest BCUT2D eigenvalue weighted by Crippen LogP contribution is 2.17. The van der Waals surface area contributed by atoms with Gasteiger partial charge in [0.25, 0.3) is 0 Å². The summed E-state index contributed by atoms with van der Waals surface area (Å²) in [5.74, 6) is 0.0786. The van der Waals surface area contributed by atoms with Crippen molar-refractivity contribution in [3.63, 3.8) is 0 Å². The first-order valence-corrected chi connectivity index (χ1v) is 6.76. The highest BCUT2D eigenvalue weighted by molar-refractivity contribution is 7.12. The van der Waals surface area contributed by atoms with Gasteiger partial charge in [0.05, 0.1) is 26.0 Å². The standard InChI is InChI=1S/C13H15N3O2S/c1-3-9-4-5-10(19-9)6-15-12-8-14-7-11(16-12)13(17)18-2/h4-5,7-8H,3,6H2,1-2H3,(H,15,16). The summed E-state index contributed by atoms with van der Waals surface area (Å²) < 4.78 is 4.60. The number of esters is 1. The molecule has 2 aromatic rings. The molecule has 0 saturated heterocycles. The number of methoxy groups -OCH3 is 1. The Morgan fingerprint density at radius 2 is 2.16 bits per heavy atom. The number of nitrogens with zero attached hydrogens (tertiary/aromatic N) is 2. The number of anilines is 1. The van der Waals surface area contributed by atoms with E-state index in [0.29, 0.717) is 12.4 Å². The number of carbonyl (C=O) groups is 1. The molecule has 0 aliphatic carbocycles. The van der Waals surface area contributed by atoms with Crippen molar-refractivity contribution in [3.8, 4) is 0 Å². The van der Waals surface area contributed by atoms with Crippen LogP contribution in [0.3, 0.4) is 0 Å². The molecule has 0 aliphatic heterocycles. The molecule has 0 bridgehead atoms. The fourth-order valence-corrected chi connectivity index (χ4v) is 2.44. The molecule has 6 heteroatoms. The van der Waals surface area contributed by atoms with Crippen LogP contribution in [-0.4, -0.2) is 23.0 Å². The first kappa shape index (κ1) is 13.5. The molecule has 2 heterocycles. The number of hydrogen-bond donors (Lipinski definition) is 1. The molecule has 0 radical (unpaired) electrons. The smallest absolute Gasteiger partial charge is 0.358 e. The van der Waals surface area contributed by atoms with Crippen LogP contribution in [-0.2, 0) is 17.7 Å². The van der Waals surface area contributed by atoms with Gasteiger partial charge in [-0.15, -0.1) is 11.3 Å². The SMILES string of the molecule is CCc1ccc(CNc2cncc(C(=O)OC)n2)s1. The molecule has 0 saturated carbocycles. The van der Waals surface area contributed by atoms with E-state index in [1.165, 1.54) is 23.1 Å². The largest absolute Gasteiger partial charge is 0.464 e. The summed E-state index contributed by atoms with van der Waals surface area (Å²) in [6, 6.07) is 4.21. The third-order valence-corrected chi connectivity index (χ3v) is 3.77. The van der Waals surface area contributed by atoms with E-state index in [0.717, 1.165) is 6.42 Å². The molecular formula is C13H15N3O2S. The number of aromatic nitrogens is 2. The van der Waals surface area contributed by atoms with Crippen molar-refractivity contribution in [3.05, 3.63) is 40.0 Å². The number of nitrogens with one attached hydrogen (secondary N) is 1. The Morgan fingerprint density at radius 3 is 2.84 bits per heavy atom. The Morgan fingerprint density at radius 1 is 1.37 bits per heavy atom. The molecule has 1 N–H and O–H groups in total. The molecule has 0 fully saturated rings. The maximum Gasteiger partial charge on any atom is 0.358 e. The third-order valence-electron chi connectivity index (χ3n) is 2.54. The fourth-order valence-electron chi connectivity index (χ4n) is 1.54. The van der Waals surface area contributed by atoms with Crippen LogP contribution in [0.1, 0.15) is 27.2 Å². The van der Waals surface area contributed by atoms with Crippen molar-refractivity contribution in [1.29, 1.82) is 0 Å². The predicted molar refractivity (Wildman–Crippen MR) is 74.4 cm³/mol. The van der Waals surface area contributed by atoms with Crippen LogP contribution < -0.4 is 5.32 Å². The van der Waals surface area contributed by atoms with Gasteiger partial charge < -0.3 is 10.1 Å². The molecule has 0 unspecified atom stereocenters. The monoisotopic (exact) mass is 277 g/mol. The summed E-state index contributed by atoms with van der Waals surface area (Å²) in [4.78, 5) is 22.0. The summed E-state index contributed by atoms with van der Waals surface area (Å²) in [6.45, 7) is 2.80. The summed E-state index contributed by atoms with van der Waals surface area (Å²) in [6.07, 6.45) is 4.01. The van der Waals surface area contributed by atoms with Crippen molar-refractivity contribution in [2.45, 2.75) is 19.9 Å². The van der Waals surface area contributed by atoms with Gasteiger partial charge in [-0.05, 0) is 18.6 Å². The third kappa shape index (κ3) is 3.51. The molecule has 19 heavy (non-hydrogen) atoms. The summed E-state index contributed by atoms with van der Waals surface area (Å²) in [5, 5.41) is 3.15. The van der Waals surface area contributed by atoms with Gasteiger partial charge in [-0.3, -0.25) is 4.98 Å². The summed E-state index contributed by atoms with van der Waals surface area (Å²) >= 11 is 1.76. The maximum atomic E-state index is 11.3. The lowest BCUT2D eigenvalue weighted by atomic mass is 10.3. The number of ether oxygens (including phenoxy) is 1. The average molecular weight is 277 g/mol. The predicted octanol–water partition coefficient (Wildman–Crippen LogP) is 2.50. The quantitative estimate of drug-likeness (QED) is 0.851. The van der Waals surface area contributed by atoms with Crippen LogP contribution in [0.5, 0.6) is 0 Å². The van der Waals surface area contributed by atoms with Crippen molar-refractivity contribution < 1.29 is 9.53 Å². The minimum Gasteiger partial charge on any atom is -0.464 e. The second kappa shape index (κ2) is 6.29. The highest BCUT2D eigenvalue weighted by atomic mass is 32.1. The molecule has 0 aliphatic rings. The fraction of sp³-hybridized carbons (Fsp3) is 0.308. The van der Waals surface area contributed by atoms with Crippen molar-refractivity contribution in [1.82, 2.24) is 9.97 Å². The summed E-state index contributed by atoms with van der Waals surface area (Å²) in [5.41, 5.74) is 0.202.